The average molecular weight is 422 g/mol. The van der Waals surface area contributed by atoms with Gasteiger partial charge in [-0.25, -0.2) is 19.2 Å². The first-order valence-corrected chi connectivity index (χ1v) is 8.40. The van der Waals surface area contributed by atoms with E-state index in [2.05, 4.69) is 47.0 Å². The first kappa shape index (κ1) is 15.2. The number of anilines is 2. The van der Waals surface area contributed by atoms with Gasteiger partial charge in [0.1, 0.15) is 4.90 Å². The van der Waals surface area contributed by atoms with Crippen molar-refractivity contribution in [2.75, 3.05) is 10.1 Å². The van der Waals surface area contributed by atoms with Crippen LogP contribution in [0.25, 0.3) is 0 Å². The predicted molar refractivity (Wildman–Crippen MR) is 84.7 cm³/mol. The number of nitrogens with zero attached hydrogens (tertiary/aromatic N) is 1. The molecule has 0 unspecified atom stereocenters. The van der Waals surface area contributed by atoms with Crippen molar-refractivity contribution in [3.8, 4) is 0 Å². The number of halogens is 2. The van der Waals surface area contributed by atoms with Crippen molar-refractivity contribution in [3.63, 3.8) is 0 Å². The van der Waals surface area contributed by atoms with Crippen LogP contribution in [0.2, 0.25) is 0 Å². The molecule has 0 amide bonds. The number of hydrogen-bond donors (Lipinski definition) is 3. The second kappa shape index (κ2) is 6.08. The van der Waals surface area contributed by atoms with Crippen molar-refractivity contribution in [2.24, 2.45) is 5.84 Å². The molecule has 0 fully saturated rings. The Morgan fingerprint density at radius 3 is 2.55 bits per heavy atom. The van der Waals surface area contributed by atoms with Gasteiger partial charge in [0.15, 0.2) is 5.82 Å². The maximum atomic E-state index is 12.4. The number of sulfonamides is 1. The van der Waals surface area contributed by atoms with Crippen molar-refractivity contribution in [1.82, 2.24) is 4.98 Å². The van der Waals surface area contributed by atoms with Crippen molar-refractivity contribution in [3.05, 3.63) is 45.5 Å². The first-order chi connectivity index (χ1) is 9.42. The maximum Gasteiger partial charge on any atom is 0.265 e. The summed E-state index contributed by atoms with van der Waals surface area (Å²) in [4.78, 5) is 3.86. The van der Waals surface area contributed by atoms with Gasteiger partial charge in [-0.1, -0.05) is 22.0 Å². The van der Waals surface area contributed by atoms with Crippen LogP contribution in [0.4, 0.5) is 11.5 Å². The zero-order valence-electron chi connectivity index (χ0n) is 9.97. The predicted octanol–water partition coefficient (Wildman–Crippen LogP) is 2.69. The molecule has 2 rings (SSSR count). The van der Waals surface area contributed by atoms with Gasteiger partial charge in [0.2, 0.25) is 0 Å². The molecule has 4 N–H and O–H groups in total. The Kier molecular flexibility index (Phi) is 4.63. The Morgan fingerprint density at radius 1 is 1.15 bits per heavy atom. The average Bonchev–Trinajstić information content (AvgIpc) is 2.38. The molecule has 6 nitrogen and oxygen atoms in total. The SMILES string of the molecule is NNc1ncc(Br)cc1S(=O)(=O)Nc1cccc(Br)c1. The number of pyridine rings is 1. The van der Waals surface area contributed by atoms with Crippen LogP contribution in [0, 0.1) is 0 Å². The molecule has 1 aromatic carbocycles. The molecule has 0 atom stereocenters. The summed E-state index contributed by atoms with van der Waals surface area (Å²) in [6.45, 7) is 0. The number of nitrogens with two attached hydrogens (primary N) is 1. The van der Waals surface area contributed by atoms with Gasteiger partial charge < -0.3 is 5.43 Å². The van der Waals surface area contributed by atoms with Crippen LogP contribution < -0.4 is 16.0 Å². The van der Waals surface area contributed by atoms with E-state index in [1.54, 1.807) is 24.3 Å². The molecule has 1 aromatic heterocycles. The third-order valence-corrected chi connectivity index (χ3v) is 4.64. The fourth-order valence-corrected chi connectivity index (χ4v) is 3.57. The minimum Gasteiger partial charge on any atom is -0.307 e. The Bertz CT molecular complexity index is 737. The number of rotatable bonds is 4. The highest BCUT2D eigenvalue weighted by molar-refractivity contribution is 9.10. The van der Waals surface area contributed by atoms with Gasteiger partial charge >= 0.3 is 0 Å². The molecule has 0 bridgehead atoms. The van der Waals surface area contributed by atoms with Gasteiger partial charge in [0.25, 0.3) is 10.0 Å². The lowest BCUT2D eigenvalue weighted by atomic mass is 10.3. The molecule has 106 valence electrons. The van der Waals surface area contributed by atoms with Crippen LogP contribution in [-0.4, -0.2) is 13.4 Å². The summed E-state index contributed by atoms with van der Waals surface area (Å²) in [5.41, 5.74) is 2.70. The van der Waals surface area contributed by atoms with E-state index in [9.17, 15) is 8.42 Å². The van der Waals surface area contributed by atoms with Crippen molar-refractivity contribution in [2.45, 2.75) is 4.90 Å². The van der Waals surface area contributed by atoms with E-state index in [1.165, 1.54) is 12.3 Å². The molecule has 1 heterocycles. The number of nitrogen functional groups attached to an aromatic ring is 1. The highest BCUT2D eigenvalue weighted by Gasteiger charge is 2.20. The molecule has 20 heavy (non-hydrogen) atoms. The number of hydrazine groups is 1. The summed E-state index contributed by atoms with van der Waals surface area (Å²) in [5, 5.41) is 0. The fraction of sp³-hybridized carbons (Fsp3) is 0. The van der Waals surface area contributed by atoms with Gasteiger partial charge in [0.05, 0.1) is 0 Å². The second-order valence-corrected chi connectivity index (χ2v) is 7.24. The molecular weight excluding hydrogens is 412 g/mol. The minimum atomic E-state index is -3.80. The van der Waals surface area contributed by atoms with Crippen LogP contribution in [-0.2, 0) is 10.0 Å². The molecule has 0 radical (unpaired) electrons. The largest absolute Gasteiger partial charge is 0.307 e. The summed E-state index contributed by atoms with van der Waals surface area (Å²) in [7, 11) is -3.80. The highest BCUT2D eigenvalue weighted by Crippen LogP contribution is 2.25. The molecule has 2 aromatic rings. The van der Waals surface area contributed by atoms with Crippen molar-refractivity contribution >= 4 is 53.4 Å². The Labute approximate surface area is 133 Å². The van der Waals surface area contributed by atoms with E-state index in [0.29, 0.717) is 10.2 Å². The lowest BCUT2D eigenvalue weighted by Crippen LogP contribution is -2.18. The first-order valence-electron chi connectivity index (χ1n) is 5.33. The normalized spacial score (nSPS) is 11.2. The lowest BCUT2D eigenvalue weighted by Gasteiger charge is -2.11. The highest BCUT2D eigenvalue weighted by atomic mass is 79.9. The summed E-state index contributed by atoms with van der Waals surface area (Å²) >= 11 is 6.46. The van der Waals surface area contributed by atoms with Crippen LogP contribution in [0.15, 0.2) is 50.4 Å². The Balaban J connectivity index is 2.43. The van der Waals surface area contributed by atoms with Gasteiger partial charge in [-0.3, -0.25) is 4.72 Å². The van der Waals surface area contributed by atoms with E-state index < -0.39 is 10.0 Å². The topological polar surface area (TPSA) is 97.1 Å². The maximum absolute atomic E-state index is 12.4. The molecule has 0 saturated heterocycles. The molecule has 9 heteroatoms. The number of hydrogen-bond acceptors (Lipinski definition) is 5. The van der Waals surface area contributed by atoms with Crippen LogP contribution in [0.3, 0.4) is 0 Å². The minimum absolute atomic E-state index is 0.0469. The van der Waals surface area contributed by atoms with Crippen LogP contribution >= 0.6 is 31.9 Å². The molecule has 0 aliphatic heterocycles. The third kappa shape index (κ3) is 3.48. The van der Waals surface area contributed by atoms with Crippen molar-refractivity contribution < 1.29 is 8.42 Å². The van der Waals surface area contributed by atoms with Crippen LogP contribution in [0.1, 0.15) is 0 Å². The Morgan fingerprint density at radius 2 is 1.90 bits per heavy atom. The molecular formula is C11H10Br2N4O2S. The number of benzene rings is 1. The molecule has 0 aliphatic rings. The standard InChI is InChI=1S/C11H10Br2N4O2S/c12-7-2-1-3-9(4-7)17-20(18,19)10-5-8(13)6-15-11(10)16-14/h1-6,17H,14H2,(H,15,16). The monoisotopic (exact) mass is 420 g/mol. The van der Waals surface area contributed by atoms with Gasteiger partial charge in [-0.05, 0) is 40.2 Å². The molecule has 0 spiro atoms. The number of nitrogens with one attached hydrogen (secondary N) is 2. The second-order valence-electron chi connectivity index (χ2n) is 3.76. The Hall–Kier alpha value is -1.16. The summed E-state index contributed by atoms with van der Waals surface area (Å²) in [5.74, 6) is 5.35. The van der Waals surface area contributed by atoms with E-state index in [4.69, 9.17) is 5.84 Å². The summed E-state index contributed by atoms with van der Waals surface area (Å²) in [6.07, 6.45) is 1.45. The van der Waals surface area contributed by atoms with Gasteiger partial charge in [-0.15, -0.1) is 0 Å². The van der Waals surface area contributed by atoms with E-state index in [0.717, 1.165) is 4.47 Å². The lowest BCUT2D eigenvalue weighted by molar-refractivity contribution is 0.601. The quantitative estimate of drug-likeness (QED) is 0.520. The zero-order chi connectivity index (χ0) is 14.8. The molecule has 0 aliphatic carbocycles. The summed E-state index contributed by atoms with van der Waals surface area (Å²) in [6, 6.07) is 8.23. The fourth-order valence-electron chi connectivity index (χ4n) is 1.50. The van der Waals surface area contributed by atoms with Crippen LogP contribution in [0.5, 0.6) is 0 Å². The van der Waals surface area contributed by atoms with E-state index in [-0.39, 0.29) is 10.7 Å². The van der Waals surface area contributed by atoms with Gasteiger partial charge in [-0.2, -0.15) is 0 Å². The third-order valence-electron chi connectivity index (χ3n) is 2.32. The zero-order valence-corrected chi connectivity index (χ0v) is 14.0. The van der Waals surface area contributed by atoms with Crippen molar-refractivity contribution in [1.29, 1.82) is 0 Å². The van der Waals surface area contributed by atoms with E-state index >= 15 is 0 Å². The summed E-state index contributed by atoms with van der Waals surface area (Å²) < 4.78 is 28.5. The smallest absolute Gasteiger partial charge is 0.265 e. The molecule has 0 saturated carbocycles. The number of aromatic nitrogens is 1. The van der Waals surface area contributed by atoms with Gasteiger partial charge in [0, 0.05) is 20.8 Å². The van der Waals surface area contributed by atoms with E-state index in [1.807, 2.05) is 0 Å².